The Kier molecular flexibility index (Phi) is 4.52. The summed E-state index contributed by atoms with van der Waals surface area (Å²) in [7, 11) is 0. The lowest BCUT2D eigenvalue weighted by Gasteiger charge is -2.27. The molecule has 0 saturated heterocycles. The molecule has 2 saturated carbocycles. The van der Waals surface area contributed by atoms with E-state index in [9.17, 15) is 9.59 Å². The van der Waals surface area contributed by atoms with E-state index < -0.39 is 0 Å². The van der Waals surface area contributed by atoms with Crippen molar-refractivity contribution in [2.24, 2.45) is 5.92 Å². The molecule has 2 fully saturated rings. The van der Waals surface area contributed by atoms with Crippen molar-refractivity contribution in [1.82, 2.24) is 4.90 Å². The van der Waals surface area contributed by atoms with E-state index in [0.717, 1.165) is 47.7 Å². The zero-order valence-electron chi connectivity index (χ0n) is 13.4. The zero-order chi connectivity index (χ0) is 15.7. The minimum Gasteiger partial charge on any atom is -0.335 e. The second-order valence-electron chi connectivity index (χ2n) is 6.42. The Bertz CT molecular complexity index is 571. The molecule has 1 aromatic heterocycles. The van der Waals surface area contributed by atoms with Gasteiger partial charge in [-0.3, -0.25) is 9.59 Å². The number of nitrogens with zero attached hydrogens (tertiary/aromatic N) is 1. The molecule has 0 radical (unpaired) electrons. The van der Waals surface area contributed by atoms with Gasteiger partial charge >= 0.3 is 0 Å². The van der Waals surface area contributed by atoms with Crippen LogP contribution in [0.2, 0.25) is 0 Å². The molecular weight excluding hydrogens is 296 g/mol. The number of carbonyl (C=O) groups excluding carboxylic acids is 2. The summed E-state index contributed by atoms with van der Waals surface area (Å²) in [6.45, 7) is 4.76. The maximum absolute atomic E-state index is 12.9. The first-order chi connectivity index (χ1) is 10.6. The molecular formula is C17H24N2O2S. The van der Waals surface area contributed by atoms with E-state index in [1.807, 2.05) is 17.9 Å². The van der Waals surface area contributed by atoms with Gasteiger partial charge in [-0.2, -0.15) is 0 Å². The molecule has 1 heterocycles. The summed E-state index contributed by atoms with van der Waals surface area (Å²) in [6, 6.07) is 2.32. The molecule has 120 valence electrons. The van der Waals surface area contributed by atoms with Crippen LogP contribution in [0.1, 0.15) is 60.7 Å². The fraction of sp³-hybridized carbons (Fsp3) is 0.647. The van der Waals surface area contributed by atoms with Gasteiger partial charge in [-0.15, -0.1) is 11.3 Å². The fourth-order valence-corrected chi connectivity index (χ4v) is 4.27. The lowest BCUT2D eigenvalue weighted by Crippen LogP contribution is -2.38. The predicted molar refractivity (Wildman–Crippen MR) is 89.4 cm³/mol. The van der Waals surface area contributed by atoms with Crippen LogP contribution in [-0.4, -0.2) is 29.3 Å². The minimum absolute atomic E-state index is 0.100. The van der Waals surface area contributed by atoms with Gasteiger partial charge in [0.1, 0.15) is 0 Å². The van der Waals surface area contributed by atoms with Crippen LogP contribution < -0.4 is 5.32 Å². The van der Waals surface area contributed by atoms with Crippen LogP contribution in [0.25, 0.3) is 0 Å². The maximum atomic E-state index is 12.9. The second-order valence-corrected chi connectivity index (χ2v) is 7.47. The van der Waals surface area contributed by atoms with Gasteiger partial charge in [0, 0.05) is 18.5 Å². The van der Waals surface area contributed by atoms with Crippen molar-refractivity contribution in [2.75, 3.05) is 11.9 Å². The van der Waals surface area contributed by atoms with Crippen LogP contribution in [0, 0.1) is 12.8 Å². The SMILES string of the molecule is CCN(C(=O)c1sc(NC(=O)C2CC2)cc1C)C1CCCC1. The molecule has 0 aliphatic heterocycles. The average molecular weight is 320 g/mol. The quantitative estimate of drug-likeness (QED) is 0.897. The van der Waals surface area contributed by atoms with Gasteiger partial charge in [0.25, 0.3) is 5.91 Å². The number of anilines is 1. The number of aryl methyl sites for hydroxylation is 1. The molecule has 2 aliphatic carbocycles. The van der Waals surface area contributed by atoms with E-state index in [-0.39, 0.29) is 17.7 Å². The van der Waals surface area contributed by atoms with E-state index in [0.29, 0.717) is 6.04 Å². The normalized spacial score (nSPS) is 18.5. The first-order valence-electron chi connectivity index (χ1n) is 8.32. The number of rotatable bonds is 5. The van der Waals surface area contributed by atoms with Crippen molar-refractivity contribution in [1.29, 1.82) is 0 Å². The van der Waals surface area contributed by atoms with Crippen LogP contribution in [0.3, 0.4) is 0 Å². The lowest BCUT2D eigenvalue weighted by molar-refractivity contribution is -0.117. The highest BCUT2D eigenvalue weighted by atomic mass is 32.1. The smallest absolute Gasteiger partial charge is 0.264 e. The Hall–Kier alpha value is -1.36. The molecule has 5 heteroatoms. The molecule has 4 nitrogen and oxygen atoms in total. The van der Waals surface area contributed by atoms with E-state index in [4.69, 9.17) is 0 Å². The van der Waals surface area contributed by atoms with E-state index in [1.54, 1.807) is 0 Å². The zero-order valence-corrected chi connectivity index (χ0v) is 14.2. The van der Waals surface area contributed by atoms with E-state index in [2.05, 4.69) is 12.2 Å². The van der Waals surface area contributed by atoms with Gasteiger partial charge in [-0.05, 0) is 51.2 Å². The molecule has 22 heavy (non-hydrogen) atoms. The van der Waals surface area contributed by atoms with Crippen molar-refractivity contribution in [3.8, 4) is 0 Å². The lowest BCUT2D eigenvalue weighted by atomic mass is 10.2. The Balaban J connectivity index is 1.73. The molecule has 0 atom stereocenters. The number of amides is 2. The molecule has 0 aromatic carbocycles. The molecule has 0 unspecified atom stereocenters. The molecule has 2 amide bonds. The van der Waals surface area contributed by atoms with Crippen molar-refractivity contribution < 1.29 is 9.59 Å². The Morgan fingerprint density at radius 3 is 2.55 bits per heavy atom. The van der Waals surface area contributed by atoms with Crippen molar-refractivity contribution >= 4 is 28.2 Å². The largest absolute Gasteiger partial charge is 0.335 e. The summed E-state index contributed by atoms with van der Waals surface area (Å²) in [5, 5.41) is 3.76. The predicted octanol–water partition coefficient (Wildman–Crippen LogP) is 3.81. The maximum Gasteiger partial charge on any atom is 0.264 e. The summed E-state index contributed by atoms with van der Waals surface area (Å²) in [4.78, 5) is 27.5. The highest BCUT2D eigenvalue weighted by Crippen LogP contribution is 2.34. The van der Waals surface area contributed by atoms with Crippen LogP contribution in [0.5, 0.6) is 0 Å². The molecule has 1 aromatic rings. The summed E-state index contributed by atoms with van der Waals surface area (Å²) in [6.07, 6.45) is 6.67. The molecule has 3 rings (SSSR count). The standard InChI is InChI=1S/C17H24N2O2S/c1-3-19(13-6-4-5-7-13)17(21)15-11(2)10-14(22-15)18-16(20)12-8-9-12/h10,12-13H,3-9H2,1-2H3,(H,18,20). The summed E-state index contributed by atoms with van der Waals surface area (Å²) >= 11 is 1.42. The summed E-state index contributed by atoms with van der Waals surface area (Å²) in [5.41, 5.74) is 0.970. The van der Waals surface area contributed by atoms with Gasteiger partial charge in [0.05, 0.1) is 9.88 Å². The molecule has 1 N–H and O–H groups in total. The third-order valence-electron chi connectivity index (χ3n) is 4.67. The second kappa shape index (κ2) is 6.41. The van der Waals surface area contributed by atoms with Gasteiger partial charge in [-0.25, -0.2) is 0 Å². The molecule has 0 spiro atoms. The van der Waals surface area contributed by atoms with E-state index >= 15 is 0 Å². The van der Waals surface area contributed by atoms with Crippen LogP contribution >= 0.6 is 11.3 Å². The first-order valence-corrected chi connectivity index (χ1v) is 9.14. The van der Waals surface area contributed by atoms with Crippen molar-refractivity contribution in [3.63, 3.8) is 0 Å². The number of thiophene rings is 1. The van der Waals surface area contributed by atoms with Crippen molar-refractivity contribution in [3.05, 3.63) is 16.5 Å². The number of carbonyl (C=O) groups is 2. The summed E-state index contributed by atoms with van der Waals surface area (Å²) < 4.78 is 0. The summed E-state index contributed by atoms with van der Waals surface area (Å²) in [5.74, 6) is 0.416. The third kappa shape index (κ3) is 3.19. The fourth-order valence-electron chi connectivity index (χ4n) is 3.24. The van der Waals surface area contributed by atoms with Crippen molar-refractivity contribution in [2.45, 2.75) is 58.4 Å². The van der Waals surface area contributed by atoms with Crippen LogP contribution in [-0.2, 0) is 4.79 Å². The van der Waals surface area contributed by atoms with Gasteiger partial charge in [-0.1, -0.05) is 12.8 Å². The van der Waals surface area contributed by atoms with Crippen LogP contribution in [0.15, 0.2) is 6.07 Å². The Labute approximate surface area is 135 Å². The highest BCUT2D eigenvalue weighted by Gasteiger charge is 2.31. The van der Waals surface area contributed by atoms with Gasteiger partial charge in [0.15, 0.2) is 0 Å². The number of hydrogen-bond acceptors (Lipinski definition) is 3. The van der Waals surface area contributed by atoms with E-state index in [1.165, 1.54) is 24.2 Å². The Morgan fingerprint density at radius 1 is 1.27 bits per heavy atom. The third-order valence-corrected chi connectivity index (χ3v) is 5.81. The first kappa shape index (κ1) is 15.5. The molecule has 2 aliphatic rings. The monoisotopic (exact) mass is 320 g/mol. The highest BCUT2D eigenvalue weighted by molar-refractivity contribution is 7.18. The van der Waals surface area contributed by atoms with Gasteiger partial charge < -0.3 is 10.2 Å². The van der Waals surface area contributed by atoms with Gasteiger partial charge in [0.2, 0.25) is 5.91 Å². The number of hydrogen-bond donors (Lipinski definition) is 1. The average Bonchev–Trinajstić information content (AvgIpc) is 3.10. The topological polar surface area (TPSA) is 49.4 Å². The Morgan fingerprint density at radius 2 is 1.95 bits per heavy atom. The molecule has 0 bridgehead atoms. The number of nitrogens with one attached hydrogen (secondary N) is 1. The van der Waals surface area contributed by atoms with Crippen LogP contribution in [0.4, 0.5) is 5.00 Å². The minimum atomic E-state index is 0.100.